The topological polar surface area (TPSA) is 87.7 Å². The first-order valence-electron chi connectivity index (χ1n) is 11.7. The molecule has 0 bridgehead atoms. The molecule has 3 aromatic rings. The van der Waals surface area contributed by atoms with E-state index in [2.05, 4.69) is 20.2 Å². The molecule has 2 amide bonds. The highest BCUT2D eigenvalue weighted by molar-refractivity contribution is 5.90. The molecule has 0 radical (unpaired) electrons. The Morgan fingerprint density at radius 1 is 0.972 bits per heavy atom. The maximum absolute atomic E-state index is 13.5. The molecule has 188 valence electrons. The van der Waals surface area contributed by atoms with Gasteiger partial charge in [-0.15, -0.1) is 0 Å². The number of aromatic nitrogens is 2. The van der Waals surface area contributed by atoms with Gasteiger partial charge in [-0.3, -0.25) is 9.59 Å². The van der Waals surface area contributed by atoms with Crippen molar-refractivity contribution in [1.82, 2.24) is 14.9 Å². The summed E-state index contributed by atoms with van der Waals surface area (Å²) in [7, 11) is 0. The molecule has 1 N–H and O–H groups in total. The summed E-state index contributed by atoms with van der Waals surface area (Å²) in [5.74, 6) is -0.972. The lowest BCUT2D eigenvalue weighted by Crippen LogP contribution is -2.49. The van der Waals surface area contributed by atoms with Crippen molar-refractivity contribution >= 4 is 23.5 Å². The van der Waals surface area contributed by atoms with E-state index in [1.165, 1.54) is 6.07 Å². The summed E-state index contributed by atoms with van der Waals surface area (Å²) in [5.41, 5.74) is 1.49. The number of piperazine rings is 1. The lowest BCUT2D eigenvalue weighted by atomic mass is 10.1. The second kappa shape index (κ2) is 12.1. The van der Waals surface area contributed by atoms with Gasteiger partial charge in [0.15, 0.2) is 11.6 Å². The predicted octanol–water partition coefficient (Wildman–Crippen LogP) is 3.44. The maximum Gasteiger partial charge on any atom is 0.227 e. The molecule has 4 rings (SSSR count). The van der Waals surface area contributed by atoms with Crippen LogP contribution in [0.15, 0.2) is 60.9 Å². The second-order valence-electron chi connectivity index (χ2n) is 8.37. The van der Waals surface area contributed by atoms with Crippen molar-refractivity contribution in [3.63, 3.8) is 0 Å². The molecule has 0 atom stereocenters. The third-order valence-electron chi connectivity index (χ3n) is 5.76. The number of rotatable bonds is 9. The van der Waals surface area contributed by atoms with Crippen molar-refractivity contribution in [2.75, 3.05) is 43.0 Å². The van der Waals surface area contributed by atoms with E-state index in [1.807, 2.05) is 17.0 Å². The molecule has 10 heteroatoms. The van der Waals surface area contributed by atoms with Gasteiger partial charge in [0.2, 0.25) is 17.8 Å². The fourth-order valence-corrected chi connectivity index (χ4v) is 3.83. The van der Waals surface area contributed by atoms with Gasteiger partial charge in [0.05, 0.1) is 13.0 Å². The van der Waals surface area contributed by atoms with Crippen LogP contribution in [0.5, 0.6) is 5.75 Å². The van der Waals surface area contributed by atoms with Gasteiger partial charge >= 0.3 is 0 Å². The summed E-state index contributed by atoms with van der Waals surface area (Å²) in [4.78, 5) is 37.3. The summed E-state index contributed by atoms with van der Waals surface area (Å²) in [6.07, 6.45) is 4.26. The molecule has 1 saturated heterocycles. The molecular weight excluding hydrogens is 468 g/mol. The molecule has 1 aliphatic rings. The molecule has 1 aromatic heterocycles. The van der Waals surface area contributed by atoms with Crippen molar-refractivity contribution in [3.8, 4) is 5.75 Å². The van der Waals surface area contributed by atoms with Crippen LogP contribution < -0.4 is 15.0 Å². The minimum atomic E-state index is -0.776. The van der Waals surface area contributed by atoms with Crippen LogP contribution in [0.1, 0.15) is 18.4 Å². The molecule has 36 heavy (non-hydrogen) atoms. The van der Waals surface area contributed by atoms with Gasteiger partial charge in [-0.05, 0) is 42.3 Å². The number of hydrogen-bond acceptors (Lipinski definition) is 6. The second-order valence-corrected chi connectivity index (χ2v) is 8.37. The fourth-order valence-electron chi connectivity index (χ4n) is 3.83. The number of hydrogen-bond donors (Lipinski definition) is 1. The summed E-state index contributed by atoms with van der Waals surface area (Å²) in [5, 5.41) is 2.79. The van der Waals surface area contributed by atoms with E-state index in [4.69, 9.17) is 4.74 Å². The Bertz CT molecular complexity index is 1170. The first kappa shape index (κ1) is 25.0. The van der Waals surface area contributed by atoms with Gasteiger partial charge in [0.1, 0.15) is 5.82 Å². The van der Waals surface area contributed by atoms with E-state index in [9.17, 15) is 18.4 Å². The maximum atomic E-state index is 13.5. The number of carbonyl (C=O) groups excluding carboxylic acids is 2. The summed E-state index contributed by atoms with van der Waals surface area (Å²) in [6, 6.07) is 12.0. The Kier molecular flexibility index (Phi) is 8.38. The SMILES string of the molecule is O=C(CCCOc1ccc(F)cc1F)Nc1ccc(CC(=O)N2CCN(c3ncccn3)CC2)cc1. The normalized spacial score (nSPS) is 13.4. The van der Waals surface area contributed by atoms with E-state index in [-0.39, 0.29) is 37.0 Å². The standard InChI is InChI=1S/C26H27F2N5O3/c27-20-6-9-23(22(28)18-20)36-16-1-3-24(34)31-21-7-4-19(5-8-21)17-25(35)32-12-14-33(15-13-32)26-29-10-2-11-30-26/h2,4-11,18H,1,3,12-17H2,(H,31,34). The number of carbonyl (C=O) groups is 2. The number of anilines is 2. The quantitative estimate of drug-likeness (QED) is 0.458. The van der Waals surface area contributed by atoms with Gasteiger partial charge in [-0.1, -0.05) is 12.1 Å². The Labute approximate surface area is 207 Å². The lowest BCUT2D eigenvalue weighted by Gasteiger charge is -2.34. The highest BCUT2D eigenvalue weighted by Gasteiger charge is 2.22. The van der Waals surface area contributed by atoms with Gasteiger partial charge in [-0.2, -0.15) is 0 Å². The fraction of sp³-hybridized carbons (Fsp3) is 0.308. The van der Waals surface area contributed by atoms with E-state index in [1.54, 1.807) is 30.6 Å². The van der Waals surface area contributed by atoms with Crippen molar-refractivity contribution in [1.29, 1.82) is 0 Å². The largest absolute Gasteiger partial charge is 0.491 e. The Morgan fingerprint density at radius 2 is 1.69 bits per heavy atom. The van der Waals surface area contributed by atoms with Crippen LogP contribution in [0.3, 0.4) is 0 Å². The minimum absolute atomic E-state index is 0.0472. The van der Waals surface area contributed by atoms with E-state index < -0.39 is 11.6 Å². The Hall–Kier alpha value is -4.08. The van der Waals surface area contributed by atoms with Gasteiger partial charge in [-0.25, -0.2) is 18.7 Å². The number of ether oxygens (including phenoxy) is 1. The van der Waals surface area contributed by atoms with Gasteiger partial charge in [0.25, 0.3) is 0 Å². The van der Waals surface area contributed by atoms with E-state index in [0.717, 1.165) is 17.7 Å². The highest BCUT2D eigenvalue weighted by Crippen LogP contribution is 2.18. The monoisotopic (exact) mass is 495 g/mol. The number of amides is 2. The molecule has 0 aliphatic carbocycles. The summed E-state index contributed by atoms with van der Waals surface area (Å²) in [6.45, 7) is 2.73. The predicted molar refractivity (Wildman–Crippen MR) is 131 cm³/mol. The van der Waals surface area contributed by atoms with Crippen LogP contribution in [0.2, 0.25) is 0 Å². The van der Waals surface area contributed by atoms with Crippen molar-refractivity contribution in [3.05, 3.63) is 78.1 Å². The Balaban J connectivity index is 1.16. The molecule has 0 unspecified atom stereocenters. The molecule has 1 aliphatic heterocycles. The molecule has 2 heterocycles. The third-order valence-corrected chi connectivity index (χ3v) is 5.76. The molecule has 8 nitrogen and oxygen atoms in total. The number of nitrogens with one attached hydrogen (secondary N) is 1. The first-order chi connectivity index (χ1) is 17.5. The number of halogens is 2. The highest BCUT2D eigenvalue weighted by atomic mass is 19.1. The van der Waals surface area contributed by atoms with Crippen molar-refractivity contribution < 1.29 is 23.1 Å². The smallest absolute Gasteiger partial charge is 0.227 e. The zero-order valence-electron chi connectivity index (χ0n) is 19.7. The number of nitrogens with zero attached hydrogens (tertiary/aromatic N) is 4. The Morgan fingerprint density at radius 3 is 2.39 bits per heavy atom. The van der Waals surface area contributed by atoms with E-state index in [0.29, 0.717) is 44.2 Å². The van der Waals surface area contributed by atoms with Crippen LogP contribution >= 0.6 is 0 Å². The third kappa shape index (κ3) is 6.97. The lowest BCUT2D eigenvalue weighted by molar-refractivity contribution is -0.130. The van der Waals surface area contributed by atoms with Crippen LogP contribution in [0.25, 0.3) is 0 Å². The molecular formula is C26H27F2N5O3. The van der Waals surface area contributed by atoms with Crippen LogP contribution in [-0.4, -0.2) is 59.5 Å². The van der Waals surface area contributed by atoms with Gasteiger partial charge < -0.3 is 19.9 Å². The zero-order chi connectivity index (χ0) is 25.3. The van der Waals surface area contributed by atoms with Gasteiger partial charge in [0, 0.05) is 56.7 Å². The zero-order valence-corrected chi connectivity index (χ0v) is 19.7. The molecule has 0 spiro atoms. The average Bonchev–Trinajstić information content (AvgIpc) is 2.89. The van der Waals surface area contributed by atoms with Crippen LogP contribution in [-0.2, 0) is 16.0 Å². The molecule has 2 aromatic carbocycles. The molecule has 1 fully saturated rings. The van der Waals surface area contributed by atoms with Crippen molar-refractivity contribution in [2.45, 2.75) is 19.3 Å². The summed E-state index contributed by atoms with van der Waals surface area (Å²) >= 11 is 0. The summed E-state index contributed by atoms with van der Waals surface area (Å²) < 4.78 is 31.7. The average molecular weight is 496 g/mol. The van der Waals surface area contributed by atoms with Crippen LogP contribution in [0, 0.1) is 11.6 Å². The first-order valence-corrected chi connectivity index (χ1v) is 11.7. The van der Waals surface area contributed by atoms with Crippen LogP contribution in [0.4, 0.5) is 20.4 Å². The van der Waals surface area contributed by atoms with E-state index >= 15 is 0 Å². The number of benzene rings is 2. The van der Waals surface area contributed by atoms with Crippen molar-refractivity contribution in [2.24, 2.45) is 0 Å². The molecule has 0 saturated carbocycles. The minimum Gasteiger partial charge on any atom is -0.491 e.